The van der Waals surface area contributed by atoms with Crippen LogP contribution < -0.4 is 22.4 Å². The zero-order chi connectivity index (χ0) is 12.0. The van der Waals surface area contributed by atoms with Crippen LogP contribution in [0.3, 0.4) is 0 Å². The molecule has 1 aromatic rings. The summed E-state index contributed by atoms with van der Waals surface area (Å²) in [6.07, 6.45) is 0. The minimum absolute atomic E-state index is 0. The maximum absolute atomic E-state index is 13.0. The molecule has 0 fully saturated rings. The molecule has 0 radical (unpaired) electrons. The van der Waals surface area contributed by atoms with Crippen molar-refractivity contribution in [2.45, 2.75) is 13.1 Å². The number of hydrogen-bond donors (Lipinski definition) is 0. The van der Waals surface area contributed by atoms with E-state index in [2.05, 4.69) is 0 Å². The van der Waals surface area contributed by atoms with Gasteiger partial charge in [0.2, 0.25) is 5.82 Å². The first-order valence-corrected chi connectivity index (χ1v) is 6.81. The van der Waals surface area contributed by atoms with Gasteiger partial charge in [0.05, 0.1) is 0 Å². The molecule has 0 bridgehead atoms. The second-order valence-corrected chi connectivity index (χ2v) is 6.98. The molecule has 1 rings (SSSR count). The molecule has 0 spiro atoms. The normalized spacial score (nSPS) is 10.6. The molecule has 0 amide bonds. The van der Waals surface area contributed by atoms with Gasteiger partial charge in [-0.1, -0.05) is 13.1 Å². The van der Waals surface area contributed by atoms with Gasteiger partial charge in [0, 0.05) is 0 Å². The standard InChI is InChI=1S/C8H6F5OSi.ClH.Mg/c1-15(2,14)8-6(12)4(10)3(9)5(11)7(8)13;;/h1-2H3;1H;/q-1;;+2/p-1. The van der Waals surface area contributed by atoms with Crippen molar-refractivity contribution in [1.29, 1.82) is 0 Å². The first-order chi connectivity index (χ1) is 6.68. The third-order valence-electron chi connectivity index (χ3n) is 1.81. The zero-order valence-corrected chi connectivity index (χ0v) is 12.1. The van der Waals surface area contributed by atoms with Gasteiger partial charge in [0.15, 0.2) is 23.3 Å². The maximum atomic E-state index is 13.0. The molecular weight excluding hydrogens is 295 g/mol. The molecule has 92 valence electrons. The van der Waals surface area contributed by atoms with Crippen LogP contribution in [0.1, 0.15) is 0 Å². The summed E-state index contributed by atoms with van der Waals surface area (Å²) in [4.78, 5) is 11.4. The Balaban J connectivity index is 0. The molecule has 0 saturated carbocycles. The fourth-order valence-electron chi connectivity index (χ4n) is 1.13. The van der Waals surface area contributed by atoms with Crippen molar-refractivity contribution in [3.8, 4) is 0 Å². The van der Waals surface area contributed by atoms with Crippen LogP contribution in [0.5, 0.6) is 0 Å². The Morgan fingerprint density at radius 3 is 1.24 bits per heavy atom. The number of halogens is 6. The van der Waals surface area contributed by atoms with Crippen molar-refractivity contribution in [2.24, 2.45) is 0 Å². The summed E-state index contributed by atoms with van der Waals surface area (Å²) in [6, 6.07) is 0. The van der Waals surface area contributed by atoms with E-state index in [1.54, 1.807) is 0 Å². The van der Waals surface area contributed by atoms with Crippen LogP contribution in [-0.2, 0) is 0 Å². The van der Waals surface area contributed by atoms with Gasteiger partial charge in [0.25, 0.3) is 0 Å². The van der Waals surface area contributed by atoms with E-state index in [0.717, 1.165) is 13.1 Å². The van der Waals surface area contributed by atoms with Gasteiger partial charge in [-0.05, 0) is 13.5 Å². The molecule has 0 saturated heterocycles. The average molecular weight is 301 g/mol. The molecular formula is C8H6ClF5MgOSi. The predicted molar refractivity (Wildman–Crippen MR) is 49.1 cm³/mol. The van der Waals surface area contributed by atoms with Crippen LogP contribution in [0.4, 0.5) is 22.0 Å². The molecule has 1 nitrogen and oxygen atoms in total. The van der Waals surface area contributed by atoms with Crippen LogP contribution in [-0.4, -0.2) is 31.4 Å². The van der Waals surface area contributed by atoms with E-state index >= 15 is 0 Å². The fraction of sp³-hybridized carbons (Fsp3) is 0.250. The number of rotatable bonds is 1. The third-order valence-corrected chi connectivity index (χ3v) is 3.45. The Kier molecular flexibility index (Phi) is 7.23. The summed E-state index contributed by atoms with van der Waals surface area (Å²) in [5.74, 6) is -10.4. The van der Waals surface area contributed by atoms with Gasteiger partial charge in [-0.25, -0.2) is 22.0 Å². The first kappa shape index (κ1) is 19.4. The SMILES string of the molecule is C[Si](C)([O-])c1c(F)c(F)c(F)c(F)c1F.[Cl-].[Mg+2]. The molecule has 0 heterocycles. The Labute approximate surface area is 118 Å². The Morgan fingerprint density at radius 1 is 0.765 bits per heavy atom. The van der Waals surface area contributed by atoms with Crippen LogP contribution in [0.2, 0.25) is 13.1 Å². The molecule has 1 aromatic carbocycles. The summed E-state index contributed by atoms with van der Waals surface area (Å²) >= 11 is 0. The smallest absolute Gasteiger partial charge is 1.00 e. The maximum Gasteiger partial charge on any atom is 2.00 e. The van der Waals surface area contributed by atoms with E-state index in [-0.39, 0.29) is 35.5 Å². The van der Waals surface area contributed by atoms with E-state index < -0.39 is 42.6 Å². The van der Waals surface area contributed by atoms with E-state index in [4.69, 9.17) is 0 Å². The summed E-state index contributed by atoms with van der Waals surface area (Å²) in [6.45, 7) is 1.90. The van der Waals surface area contributed by atoms with Crippen molar-refractivity contribution in [3.63, 3.8) is 0 Å². The van der Waals surface area contributed by atoms with Crippen LogP contribution in [0.15, 0.2) is 0 Å². The summed E-state index contributed by atoms with van der Waals surface area (Å²) in [5, 5.41) is -1.21. The van der Waals surface area contributed by atoms with E-state index in [9.17, 15) is 26.7 Å². The number of hydrogen-bond acceptors (Lipinski definition) is 1. The second kappa shape index (κ2) is 6.32. The molecule has 0 aliphatic heterocycles. The van der Waals surface area contributed by atoms with Crippen molar-refractivity contribution in [2.75, 3.05) is 0 Å². The topological polar surface area (TPSA) is 23.1 Å². The fourth-order valence-corrected chi connectivity index (χ4v) is 2.41. The minimum atomic E-state index is -3.85. The largest absolute Gasteiger partial charge is 2.00 e. The van der Waals surface area contributed by atoms with Crippen LogP contribution in [0, 0.1) is 29.1 Å². The summed E-state index contributed by atoms with van der Waals surface area (Å²) in [5.41, 5.74) is 0. The average Bonchev–Trinajstić information content (AvgIpc) is 2.09. The molecule has 0 unspecified atom stereocenters. The number of benzene rings is 1. The van der Waals surface area contributed by atoms with Crippen LogP contribution >= 0.6 is 0 Å². The van der Waals surface area contributed by atoms with Gasteiger partial charge in [-0.15, -0.1) is 0 Å². The minimum Gasteiger partial charge on any atom is -1.00 e. The molecule has 0 aromatic heterocycles. The monoisotopic (exact) mass is 300 g/mol. The molecule has 9 heteroatoms. The molecule has 17 heavy (non-hydrogen) atoms. The van der Waals surface area contributed by atoms with Crippen molar-refractivity contribution in [3.05, 3.63) is 29.1 Å². The third kappa shape index (κ3) is 3.53. The van der Waals surface area contributed by atoms with Gasteiger partial charge in [-0.3, -0.25) is 0 Å². The van der Waals surface area contributed by atoms with Gasteiger partial charge >= 0.3 is 23.1 Å². The predicted octanol–water partition coefficient (Wildman–Crippen LogP) is -2.22. The van der Waals surface area contributed by atoms with Gasteiger partial charge < -0.3 is 17.2 Å². The second-order valence-electron chi connectivity index (χ2n) is 3.46. The Morgan fingerprint density at radius 2 is 1.00 bits per heavy atom. The first-order valence-electron chi connectivity index (χ1n) is 3.90. The van der Waals surface area contributed by atoms with Crippen molar-refractivity contribution in [1.82, 2.24) is 0 Å². The van der Waals surface area contributed by atoms with E-state index in [1.807, 2.05) is 0 Å². The zero-order valence-electron chi connectivity index (χ0n) is 8.88. The van der Waals surface area contributed by atoms with Gasteiger partial charge in [0.1, 0.15) is 0 Å². The van der Waals surface area contributed by atoms with Crippen molar-refractivity contribution < 1.29 is 39.2 Å². The summed E-state index contributed by atoms with van der Waals surface area (Å²) in [7, 11) is -3.85. The van der Waals surface area contributed by atoms with E-state index in [0.29, 0.717) is 0 Å². The van der Waals surface area contributed by atoms with Crippen LogP contribution in [0.25, 0.3) is 0 Å². The molecule has 0 atom stereocenters. The van der Waals surface area contributed by atoms with Crippen molar-refractivity contribution >= 4 is 36.6 Å². The quantitative estimate of drug-likeness (QED) is 0.249. The Bertz CT molecular complexity index is 394. The molecule has 0 aliphatic carbocycles. The molecule has 0 aliphatic rings. The summed E-state index contributed by atoms with van der Waals surface area (Å²) < 4.78 is 63.9. The van der Waals surface area contributed by atoms with E-state index in [1.165, 1.54) is 0 Å². The van der Waals surface area contributed by atoms with Gasteiger partial charge in [-0.2, -0.15) is 0 Å². The Hall–Kier alpha value is 0.103. The molecule has 0 N–H and O–H groups in total.